The lowest BCUT2D eigenvalue weighted by atomic mass is 10.2. The second-order valence-corrected chi connectivity index (χ2v) is 4.36. The fourth-order valence-electron chi connectivity index (χ4n) is 0.760. The van der Waals surface area contributed by atoms with Gasteiger partial charge in [0.2, 0.25) is 0 Å². The largest absolute Gasteiger partial charge is 0.465 e. The lowest BCUT2D eigenvalue weighted by molar-refractivity contribution is -0.144. The Kier molecular flexibility index (Phi) is 8.04. The van der Waals surface area contributed by atoms with Crippen molar-refractivity contribution in [3.05, 3.63) is 11.6 Å². The number of ether oxygens (including phenoxy) is 1. The average Bonchev–Trinajstić information content (AvgIpc) is 2.12. The van der Waals surface area contributed by atoms with Crippen LogP contribution in [-0.4, -0.2) is 30.1 Å². The lowest BCUT2D eigenvalue weighted by Gasteiger charge is -2.09. The summed E-state index contributed by atoms with van der Waals surface area (Å²) >= 11 is 7.17. The summed E-state index contributed by atoms with van der Waals surface area (Å²) in [5.74, 6) is 1.14. The minimum Gasteiger partial charge on any atom is -0.465 e. The van der Waals surface area contributed by atoms with Crippen LogP contribution in [0.15, 0.2) is 11.6 Å². The van der Waals surface area contributed by atoms with Gasteiger partial charge in [0.05, 0.1) is 6.61 Å². The number of hydrogen-bond acceptors (Lipinski definition) is 4. The Morgan fingerprint density at radius 3 is 2.86 bits per heavy atom. The van der Waals surface area contributed by atoms with Crippen LogP contribution in [0.3, 0.4) is 0 Å². The number of hydrogen-bond donors (Lipinski definition) is 1. The average molecular weight is 238 g/mol. The minimum atomic E-state index is -0.522. The first-order valence-corrected chi connectivity index (χ1v) is 5.94. The second-order valence-electron chi connectivity index (χ2n) is 2.72. The SMILES string of the molecule is C=C(Cl)CSCCC(N)C(=O)OCC. The summed E-state index contributed by atoms with van der Waals surface area (Å²) in [5.41, 5.74) is 5.58. The van der Waals surface area contributed by atoms with E-state index in [1.165, 1.54) is 0 Å². The van der Waals surface area contributed by atoms with E-state index in [4.69, 9.17) is 22.1 Å². The van der Waals surface area contributed by atoms with Gasteiger partial charge in [0.1, 0.15) is 6.04 Å². The lowest BCUT2D eigenvalue weighted by Crippen LogP contribution is -2.32. The standard InChI is InChI=1S/C9H16ClNO2S/c1-3-13-9(12)8(11)4-5-14-6-7(2)10/h8H,2-6,11H2,1H3. The molecule has 2 N–H and O–H groups in total. The molecule has 82 valence electrons. The van der Waals surface area contributed by atoms with Crippen LogP contribution in [-0.2, 0) is 9.53 Å². The molecule has 0 aliphatic heterocycles. The topological polar surface area (TPSA) is 52.3 Å². The Morgan fingerprint density at radius 1 is 1.71 bits per heavy atom. The Morgan fingerprint density at radius 2 is 2.36 bits per heavy atom. The Labute approximate surface area is 94.0 Å². The fraction of sp³-hybridized carbons (Fsp3) is 0.667. The zero-order valence-corrected chi connectivity index (χ0v) is 9.87. The number of thioether (sulfide) groups is 1. The highest BCUT2D eigenvalue weighted by atomic mass is 35.5. The molecule has 0 aliphatic carbocycles. The van der Waals surface area contributed by atoms with Gasteiger partial charge in [-0.25, -0.2) is 0 Å². The molecule has 0 aromatic carbocycles. The quantitative estimate of drug-likeness (QED) is 0.542. The molecule has 3 nitrogen and oxygen atoms in total. The maximum Gasteiger partial charge on any atom is 0.322 e. The van der Waals surface area contributed by atoms with E-state index >= 15 is 0 Å². The van der Waals surface area contributed by atoms with Crippen LogP contribution in [0.5, 0.6) is 0 Å². The van der Waals surface area contributed by atoms with Crippen molar-refractivity contribution in [2.75, 3.05) is 18.1 Å². The first-order chi connectivity index (χ1) is 6.57. The number of esters is 1. The van der Waals surface area contributed by atoms with Crippen LogP contribution in [0.4, 0.5) is 0 Å². The first-order valence-electron chi connectivity index (χ1n) is 4.41. The monoisotopic (exact) mass is 237 g/mol. The summed E-state index contributed by atoms with van der Waals surface area (Å²) in [4.78, 5) is 11.1. The molecule has 1 atom stereocenters. The Balaban J connectivity index is 3.48. The predicted molar refractivity (Wildman–Crippen MR) is 61.5 cm³/mol. The van der Waals surface area contributed by atoms with Gasteiger partial charge in [0, 0.05) is 10.8 Å². The molecule has 0 saturated heterocycles. The Bertz CT molecular complexity index is 199. The highest BCUT2D eigenvalue weighted by molar-refractivity contribution is 7.99. The predicted octanol–water partition coefficient (Wildman–Crippen LogP) is 1.75. The van der Waals surface area contributed by atoms with Gasteiger partial charge in [0.15, 0.2) is 0 Å². The van der Waals surface area contributed by atoms with Crippen molar-refractivity contribution in [2.45, 2.75) is 19.4 Å². The normalized spacial score (nSPS) is 12.2. The molecule has 5 heteroatoms. The van der Waals surface area contributed by atoms with Crippen molar-refractivity contribution < 1.29 is 9.53 Å². The third-order valence-electron chi connectivity index (χ3n) is 1.42. The van der Waals surface area contributed by atoms with Crippen LogP contribution < -0.4 is 5.73 Å². The maximum absolute atomic E-state index is 11.1. The van der Waals surface area contributed by atoms with E-state index in [-0.39, 0.29) is 5.97 Å². The number of carbonyl (C=O) groups excluding carboxylic acids is 1. The van der Waals surface area contributed by atoms with Crippen LogP contribution in [0, 0.1) is 0 Å². The first kappa shape index (κ1) is 13.8. The fourth-order valence-corrected chi connectivity index (χ4v) is 1.78. The van der Waals surface area contributed by atoms with Crippen molar-refractivity contribution in [1.29, 1.82) is 0 Å². The molecule has 0 amide bonds. The number of rotatable bonds is 7. The van der Waals surface area contributed by atoms with Crippen LogP contribution in [0.2, 0.25) is 0 Å². The zero-order valence-electron chi connectivity index (χ0n) is 8.29. The second kappa shape index (κ2) is 8.15. The maximum atomic E-state index is 11.1. The summed E-state index contributed by atoms with van der Waals surface area (Å²) in [5, 5.41) is 0.611. The van der Waals surface area contributed by atoms with Crippen molar-refractivity contribution in [1.82, 2.24) is 0 Å². The molecule has 0 saturated carbocycles. The summed E-state index contributed by atoms with van der Waals surface area (Å²) in [7, 11) is 0. The van der Waals surface area contributed by atoms with Crippen molar-refractivity contribution in [2.24, 2.45) is 5.73 Å². The summed E-state index contributed by atoms with van der Waals surface area (Å²) < 4.78 is 4.76. The van der Waals surface area contributed by atoms with Gasteiger partial charge in [-0.15, -0.1) is 0 Å². The van der Waals surface area contributed by atoms with Crippen molar-refractivity contribution >= 4 is 29.3 Å². The van der Waals surface area contributed by atoms with Gasteiger partial charge in [-0.05, 0) is 19.1 Å². The smallest absolute Gasteiger partial charge is 0.322 e. The molecule has 14 heavy (non-hydrogen) atoms. The molecule has 0 spiro atoms. The van der Waals surface area contributed by atoms with Crippen LogP contribution in [0.1, 0.15) is 13.3 Å². The van der Waals surface area contributed by atoms with E-state index in [1.54, 1.807) is 18.7 Å². The third-order valence-corrected chi connectivity index (χ3v) is 2.79. The highest BCUT2D eigenvalue weighted by Crippen LogP contribution is 2.11. The van der Waals surface area contributed by atoms with E-state index in [0.29, 0.717) is 23.8 Å². The van der Waals surface area contributed by atoms with Gasteiger partial charge >= 0.3 is 5.97 Å². The molecular formula is C9H16ClNO2S. The van der Waals surface area contributed by atoms with E-state index in [0.717, 1.165) is 5.75 Å². The molecule has 0 radical (unpaired) electrons. The summed E-state index contributed by atoms with van der Waals surface area (Å²) in [6.45, 7) is 5.69. The molecule has 0 aliphatic rings. The summed E-state index contributed by atoms with van der Waals surface area (Å²) in [6.07, 6.45) is 0.605. The molecule has 0 heterocycles. The molecule has 0 aromatic heterocycles. The van der Waals surface area contributed by atoms with E-state index in [9.17, 15) is 4.79 Å². The van der Waals surface area contributed by atoms with Crippen molar-refractivity contribution in [3.8, 4) is 0 Å². The molecule has 0 bridgehead atoms. The van der Waals surface area contributed by atoms with E-state index in [2.05, 4.69) is 6.58 Å². The van der Waals surface area contributed by atoms with Gasteiger partial charge < -0.3 is 10.5 Å². The highest BCUT2D eigenvalue weighted by Gasteiger charge is 2.13. The number of carbonyl (C=O) groups is 1. The van der Waals surface area contributed by atoms with Crippen molar-refractivity contribution in [3.63, 3.8) is 0 Å². The molecule has 0 fully saturated rings. The van der Waals surface area contributed by atoms with E-state index in [1.807, 2.05) is 0 Å². The van der Waals surface area contributed by atoms with Crippen LogP contribution >= 0.6 is 23.4 Å². The Hall–Kier alpha value is -0.190. The van der Waals surface area contributed by atoms with Crippen LogP contribution in [0.25, 0.3) is 0 Å². The molecular weight excluding hydrogens is 222 g/mol. The summed E-state index contributed by atoms with van der Waals surface area (Å²) in [6, 6.07) is -0.522. The number of nitrogens with two attached hydrogens (primary N) is 1. The van der Waals surface area contributed by atoms with Gasteiger partial charge in [-0.3, -0.25) is 4.79 Å². The molecule has 0 rings (SSSR count). The van der Waals surface area contributed by atoms with E-state index < -0.39 is 6.04 Å². The van der Waals surface area contributed by atoms with Gasteiger partial charge in [-0.1, -0.05) is 18.2 Å². The zero-order chi connectivity index (χ0) is 11.0. The number of halogens is 1. The van der Waals surface area contributed by atoms with Gasteiger partial charge in [0.25, 0.3) is 0 Å². The minimum absolute atomic E-state index is 0.335. The molecule has 1 unspecified atom stereocenters. The third kappa shape index (κ3) is 7.24. The molecule has 0 aromatic rings. The van der Waals surface area contributed by atoms with Gasteiger partial charge in [-0.2, -0.15) is 11.8 Å².